The molecule has 0 saturated heterocycles. The maximum atomic E-state index is 12.2. The van der Waals surface area contributed by atoms with Gasteiger partial charge in [-0.1, -0.05) is 36.4 Å². The lowest BCUT2D eigenvalue weighted by molar-refractivity contribution is 0.0939. The molecule has 0 fully saturated rings. The van der Waals surface area contributed by atoms with Crippen LogP contribution in [0.25, 0.3) is 10.9 Å². The van der Waals surface area contributed by atoms with Gasteiger partial charge in [0.1, 0.15) is 5.69 Å². The molecule has 0 saturated carbocycles. The average molecular weight is 369 g/mol. The number of amides is 1. The van der Waals surface area contributed by atoms with Crippen LogP contribution in [-0.4, -0.2) is 25.1 Å². The molecule has 1 heterocycles. The quantitative estimate of drug-likeness (QED) is 0.529. The van der Waals surface area contributed by atoms with Gasteiger partial charge in [-0.3, -0.25) is 15.0 Å². The molecule has 0 aliphatic rings. The summed E-state index contributed by atoms with van der Waals surface area (Å²) < 4.78 is 24.5. The smallest absolute Gasteiger partial charge is 0.284 e. The zero-order valence-electron chi connectivity index (χ0n) is 13.8. The molecule has 0 radical (unpaired) electrons. The van der Waals surface area contributed by atoms with Gasteiger partial charge in [0.05, 0.1) is 10.4 Å². The molecule has 0 bridgehead atoms. The molecule has 0 atom stereocenters. The fraction of sp³-hybridized carbons (Fsp3) is 0.0556. The van der Waals surface area contributed by atoms with Crippen molar-refractivity contribution >= 4 is 32.6 Å². The van der Waals surface area contributed by atoms with E-state index in [2.05, 4.69) is 10.4 Å². The van der Waals surface area contributed by atoms with Gasteiger partial charge in [0.15, 0.2) is 5.78 Å². The van der Waals surface area contributed by atoms with Gasteiger partial charge in [-0.15, -0.1) is 4.83 Å². The molecule has 3 rings (SSSR count). The highest BCUT2D eigenvalue weighted by Crippen LogP contribution is 2.12. The number of para-hydroxylation sites is 1. The Morgan fingerprint density at radius 2 is 1.62 bits per heavy atom. The number of aromatic nitrogens is 1. The molecule has 132 valence electrons. The van der Waals surface area contributed by atoms with Crippen molar-refractivity contribution in [1.29, 1.82) is 0 Å². The number of sulfonamides is 1. The Morgan fingerprint density at radius 1 is 0.923 bits per heavy atom. The number of Topliss-reactive ketones (excluding diaryl/α,β-unsaturated/α-hetero) is 1. The van der Waals surface area contributed by atoms with E-state index in [4.69, 9.17) is 0 Å². The molecule has 3 aromatic rings. The number of nitrogens with one attached hydrogen (secondary N) is 2. The Morgan fingerprint density at radius 3 is 2.31 bits per heavy atom. The van der Waals surface area contributed by atoms with E-state index in [0.29, 0.717) is 11.1 Å². The van der Waals surface area contributed by atoms with Crippen molar-refractivity contribution < 1.29 is 18.0 Å². The van der Waals surface area contributed by atoms with E-state index < -0.39 is 15.9 Å². The number of hydrogen-bond donors (Lipinski definition) is 2. The van der Waals surface area contributed by atoms with Crippen molar-refractivity contribution in [3.8, 4) is 0 Å². The Hall–Kier alpha value is -3.10. The minimum Gasteiger partial charge on any atom is -0.295 e. The van der Waals surface area contributed by atoms with Crippen LogP contribution >= 0.6 is 0 Å². The molecule has 2 N–H and O–H groups in total. The van der Waals surface area contributed by atoms with E-state index in [1.165, 1.54) is 37.3 Å². The van der Waals surface area contributed by atoms with Gasteiger partial charge in [-0.2, -0.15) is 0 Å². The maximum absolute atomic E-state index is 12.2. The first-order chi connectivity index (χ1) is 12.4. The summed E-state index contributed by atoms with van der Waals surface area (Å²) in [5.74, 6) is -0.850. The Kier molecular flexibility index (Phi) is 4.79. The Bertz CT molecular complexity index is 1090. The summed E-state index contributed by atoms with van der Waals surface area (Å²) in [7, 11) is -3.97. The minimum absolute atomic E-state index is 0.0747. The first kappa shape index (κ1) is 17.7. The Balaban J connectivity index is 1.73. The summed E-state index contributed by atoms with van der Waals surface area (Å²) in [5.41, 5.74) is 3.24. The van der Waals surface area contributed by atoms with Gasteiger partial charge < -0.3 is 0 Å². The standard InChI is InChI=1S/C18H15N3O4S/c1-12(22)13-6-9-15(10-7-13)26(24,25)21-20-18(23)17-11-8-14-4-2-3-5-16(14)19-17/h2-11,21H,1H3,(H,20,23). The van der Waals surface area contributed by atoms with Gasteiger partial charge in [-0.25, -0.2) is 13.4 Å². The number of carbonyl (C=O) groups excluding carboxylic acids is 2. The predicted octanol–water partition coefficient (Wildman–Crippen LogP) is 2.06. The van der Waals surface area contributed by atoms with Crippen LogP contribution < -0.4 is 10.3 Å². The lowest BCUT2D eigenvalue weighted by atomic mass is 10.2. The number of hydrogen-bond acceptors (Lipinski definition) is 5. The molecule has 7 nitrogen and oxygen atoms in total. The van der Waals surface area contributed by atoms with Crippen molar-refractivity contribution in [3.63, 3.8) is 0 Å². The first-order valence-corrected chi connectivity index (χ1v) is 9.14. The molecular weight excluding hydrogens is 354 g/mol. The number of nitrogens with zero attached hydrogens (tertiary/aromatic N) is 1. The van der Waals surface area contributed by atoms with Crippen LogP contribution in [-0.2, 0) is 10.0 Å². The van der Waals surface area contributed by atoms with Gasteiger partial charge in [-0.05, 0) is 31.2 Å². The summed E-state index contributed by atoms with van der Waals surface area (Å²) in [6.07, 6.45) is 0. The molecule has 0 aliphatic heterocycles. The number of carbonyl (C=O) groups is 2. The Labute approximate surface area is 150 Å². The summed E-state index contributed by atoms with van der Waals surface area (Å²) in [4.78, 5) is 29.5. The molecule has 0 aliphatic carbocycles. The van der Waals surface area contributed by atoms with Gasteiger partial charge in [0, 0.05) is 10.9 Å². The highest BCUT2D eigenvalue weighted by atomic mass is 32.2. The van der Waals surface area contributed by atoms with Crippen LogP contribution in [0.3, 0.4) is 0 Å². The van der Waals surface area contributed by atoms with Crippen LogP contribution in [0.4, 0.5) is 0 Å². The second-order valence-electron chi connectivity index (χ2n) is 5.53. The first-order valence-electron chi connectivity index (χ1n) is 7.66. The number of rotatable bonds is 5. The SMILES string of the molecule is CC(=O)c1ccc(S(=O)(=O)NNC(=O)c2ccc3ccccc3n2)cc1. The monoisotopic (exact) mass is 369 g/mol. The predicted molar refractivity (Wildman–Crippen MR) is 96.0 cm³/mol. The number of pyridine rings is 1. The third-order valence-corrected chi connectivity index (χ3v) is 4.96. The zero-order chi connectivity index (χ0) is 18.7. The van der Waals surface area contributed by atoms with E-state index in [0.717, 1.165) is 5.39 Å². The minimum atomic E-state index is -3.97. The van der Waals surface area contributed by atoms with Crippen molar-refractivity contribution in [2.45, 2.75) is 11.8 Å². The second-order valence-corrected chi connectivity index (χ2v) is 7.21. The second kappa shape index (κ2) is 7.03. The molecule has 1 amide bonds. The van der Waals surface area contributed by atoms with E-state index in [-0.39, 0.29) is 16.4 Å². The number of fused-ring (bicyclic) bond motifs is 1. The molecule has 8 heteroatoms. The summed E-state index contributed by atoms with van der Waals surface area (Å²) in [6.45, 7) is 1.39. The van der Waals surface area contributed by atoms with Crippen molar-refractivity contribution in [2.24, 2.45) is 0 Å². The topological polar surface area (TPSA) is 105 Å². The molecular formula is C18H15N3O4S. The van der Waals surface area contributed by atoms with Crippen LogP contribution in [0.15, 0.2) is 65.6 Å². The van der Waals surface area contributed by atoms with E-state index >= 15 is 0 Å². The number of benzene rings is 2. The van der Waals surface area contributed by atoms with E-state index in [1.54, 1.807) is 18.2 Å². The van der Waals surface area contributed by atoms with Crippen LogP contribution in [0, 0.1) is 0 Å². The fourth-order valence-corrected chi connectivity index (χ4v) is 3.14. The van der Waals surface area contributed by atoms with E-state index in [9.17, 15) is 18.0 Å². The molecule has 2 aromatic carbocycles. The van der Waals surface area contributed by atoms with Gasteiger partial charge in [0.25, 0.3) is 15.9 Å². The maximum Gasteiger partial charge on any atom is 0.284 e. The fourth-order valence-electron chi connectivity index (χ4n) is 2.30. The summed E-state index contributed by atoms with van der Waals surface area (Å²) in [6, 6.07) is 15.9. The third kappa shape index (κ3) is 3.76. The van der Waals surface area contributed by atoms with E-state index in [1.807, 2.05) is 17.0 Å². The molecule has 1 aromatic heterocycles. The summed E-state index contributed by atoms with van der Waals surface area (Å²) >= 11 is 0. The highest BCUT2D eigenvalue weighted by molar-refractivity contribution is 7.89. The lowest BCUT2D eigenvalue weighted by Crippen LogP contribution is -2.41. The van der Waals surface area contributed by atoms with Crippen LogP contribution in [0.1, 0.15) is 27.8 Å². The van der Waals surface area contributed by atoms with Crippen LogP contribution in [0.2, 0.25) is 0 Å². The molecule has 0 spiro atoms. The summed E-state index contributed by atoms with van der Waals surface area (Å²) in [5, 5.41) is 0.871. The lowest BCUT2D eigenvalue weighted by Gasteiger charge is -2.09. The normalized spacial score (nSPS) is 11.3. The van der Waals surface area contributed by atoms with Crippen molar-refractivity contribution in [3.05, 3.63) is 71.9 Å². The number of hydrazine groups is 1. The van der Waals surface area contributed by atoms with Crippen molar-refractivity contribution in [2.75, 3.05) is 0 Å². The number of ketones is 1. The highest BCUT2D eigenvalue weighted by Gasteiger charge is 2.16. The molecule has 0 unspecified atom stereocenters. The van der Waals surface area contributed by atoms with Crippen molar-refractivity contribution in [1.82, 2.24) is 15.2 Å². The largest absolute Gasteiger partial charge is 0.295 e. The van der Waals surface area contributed by atoms with Gasteiger partial charge >= 0.3 is 0 Å². The van der Waals surface area contributed by atoms with Gasteiger partial charge in [0.2, 0.25) is 0 Å². The third-order valence-electron chi connectivity index (χ3n) is 3.70. The molecule has 26 heavy (non-hydrogen) atoms. The van der Waals surface area contributed by atoms with Crippen LogP contribution in [0.5, 0.6) is 0 Å². The zero-order valence-corrected chi connectivity index (χ0v) is 14.6. The average Bonchev–Trinajstić information content (AvgIpc) is 2.66.